The van der Waals surface area contributed by atoms with Gasteiger partial charge in [-0.2, -0.15) is 4.98 Å². The first-order chi connectivity index (χ1) is 12.7. The number of hydrogen-bond acceptors (Lipinski definition) is 7. The second-order valence-electron chi connectivity index (χ2n) is 5.08. The van der Waals surface area contributed by atoms with Crippen LogP contribution >= 0.6 is 0 Å². The summed E-state index contributed by atoms with van der Waals surface area (Å²) >= 11 is 0. The number of aromatic nitrogens is 3. The van der Waals surface area contributed by atoms with Gasteiger partial charge in [-0.15, -0.1) is 0 Å². The van der Waals surface area contributed by atoms with Gasteiger partial charge in [0.2, 0.25) is 0 Å². The van der Waals surface area contributed by atoms with E-state index < -0.39 is 11.8 Å². The lowest BCUT2D eigenvalue weighted by molar-refractivity contribution is 0.0944. The molecule has 3 aromatic rings. The summed E-state index contributed by atoms with van der Waals surface area (Å²) in [6.45, 7) is 0.261. The molecule has 0 aliphatic rings. The predicted molar refractivity (Wildman–Crippen MR) is 90.7 cm³/mol. The van der Waals surface area contributed by atoms with Crippen molar-refractivity contribution in [2.75, 3.05) is 12.4 Å². The average molecular weight is 353 g/mol. The van der Waals surface area contributed by atoms with E-state index in [4.69, 9.17) is 9.15 Å². The van der Waals surface area contributed by atoms with Gasteiger partial charge in [-0.05, 0) is 6.07 Å². The van der Waals surface area contributed by atoms with Crippen LogP contribution < -0.4 is 15.4 Å². The first-order valence-electron chi connectivity index (χ1n) is 7.60. The van der Waals surface area contributed by atoms with Crippen molar-refractivity contribution in [3.8, 4) is 5.75 Å². The summed E-state index contributed by atoms with van der Waals surface area (Å²) in [7, 11) is 1.56. The van der Waals surface area contributed by atoms with Crippen LogP contribution in [0.4, 0.5) is 6.01 Å². The Balaban J connectivity index is 1.60. The van der Waals surface area contributed by atoms with Crippen LogP contribution in [0.2, 0.25) is 0 Å². The van der Waals surface area contributed by atoms with Gasteiger partial charge in [-0.1, -0.05) is 18.2 Å². The number of para-hydroxylation sites is 1. The van der Waals surface area contributed by atoms with E-state index in [0.717, 1.165) is 11.8 Å². The Bertz CT molecular complexity index is 910. The molecule has 26 heavy (non-hydrogen) atoms. The molecular formula is C17H15N5O4. The predicted octanol–water partition coefficient (Wildman–Crippen LogP) is 1.66. The molecular weight excluding hydrogens is 338 g/mol. The van der Waals surface area contributed by atoms with Crippen molar-refractivity contribution in [1.82, 2.24) is 20.3 Å². The van der Waals surface area contributed by atoms with E-state index >= 15 is 0 Å². The molecule has 0 saturated heterocycles. The van der Waals surface area contributed by atoms with Crippen molar-refractivity contribution in [3.63, 3.8) is 0 Å². The molecule has 0 saturated carbocycles. The van der Waals surface area contributed by atoms with Crippen molar-refractivity contribution in [2.24, 2.45) is 0 Å². The molecule has 3 rings (SSSR count). The molecule has 0 radical (unpaired) electrons. The summed E-state index contributed by atoms with van der Waals surface area (Å²) in [5.74, 6) is -0.314. The largest absolute Gasteiger partial charge is 0.496 e. The summed E-state index contributed by atoms with van der Waals surface area (Å²) in [6, 6.07) is 7.23. The molecule has 9 nitrogen and oxygen atoms in total. The van der Waals surface area contributed by atoms with Crippen LogP contribution in [0.15, 0.2) is 53.5 Å². The summed E-state index contributed by atoms with van der Waals surface area (Å²) in [6.07, 6.45) is 5.30. The van der Waals surface area contributed by atoms with Gasteiger partial charge in [0.15, 0.2) is 5.69 Å². The minimum absolute atomic E-state index is 0.0364. The van der Waals surface area contributed by atoms with E-state index in [1.165, 1.54) is 18.6 Å². The Hall–Kier alpha value is -3.75. The van der Waals surface area contributed by atoms with Gasteiger partial charge in [0.05, 0.1) is 13.3 Å². The number of amides is 2. The number of rotatable bonds is 6. The number of oxazole rings is 1. The van der Waals surface area contributed by atoms with Crippen LogP contribution in [0, 0.1) is 0 Å². The lowest BCUT2D eigenvalue weighted by atomic mass is 10.2. The number of carbonyl (C=O) groups is 2. The minimum atomic E-state index is -0.541. The van der Waals surface area contributed by atoms with Crippen LogP contribution in [-0.2, 0) is 6.54 Å². The molecule has 2 N–H and O–H groups in total. The topological polar surface area (TPSA) is 119 Å². The fraction of sp³-hybridized carbons (Fsp3) is 0.118. The molecule has 0 fully saturated rings. The van der Waals surface area contributed by atoms with Gasteiger partial charge in [0.1, 0.15) is 17.7 Å². The summed E-state index contributed by atoms with van der Waals surface area (Å²) in [5, 5.41) is 5.12. The molecule has 1 aromatic carbocycles. The molecule has 0 unspecified atom stereocenters. The van der Waals surface area contributed by atoms with Crippen molar-refractivity contribution in [2.45, 2.75) is 6.54 Å². The average Bonchev–Trinajstić information content (AvgIpc) is 3.15. The van der Waals surface area contributed by atoms with E-state index in [2.05, 4.69) is 25.6 Å². The first-order valence-corrected chi connectivity index (χ1v) is 7.60. The zero-order chi connectivity index (χ0) is 18.4. The third kappa shape index (κ3) is 4.01. The molecule has 2 amide bonds. The summed E-state index contributed by atoms with van der Waals surface area (Å²) < 4.78 is 10.3. The lowest BCUT2D eigenvalue weighted by Gasteiger charge is -2.08. The van der Waals surface area contributed by atoms with Crippen LogP contribution in [-0.4, -0.2) is 33.9 Å². The normalized spacial score (nSPS) is 10.2. The molecule has 0 spiro atoms. The lowest BCUT2D eigenvalue weighted by Crippen LogP contribution is -2.23. The highest BCUT2D eigenvalue weighted by Gasteiger charge is 2.15. The highest BCUT2D eigenvalue weighted by atomic mass is 16.5. The van der Waals surface area contributed by atoms with E-state index in [0.29, 0.717) is 5.75 Å². The van der Waals surface area contributed by atoms with E-state index in [1.54, 1.807) is 13.2 Å². The SMILES string of the molecule is COc1ccccc1CNC(=O)c1coc(NC(=O)c2cnccn2)n1. The zero-order valence-corrected chi connectivity index (χ0v) is 13.8. The van der Waals surface area contributed by atoms with Crippen LogP contribution in [0.5, 0.6) is 5.75 Å². The first kappa shape index (κ1) is 17.1. The van der Waals surface area contributed by atoms with Crippen molar-refractivity contribution >= 4 is 17.8 Å². The van der Waals surface area contributed by atoms with E-state index in [9.17, 15) is 9.59 Å². The number of nitrogens with zero attached hydrogens (tertiary/aromatic N) is 3. The van der Waals surface area contributed by atoms with Gasteiger partial charge in [0.25, 0.3) is 11.8 Å². The summed E-state index contributed by atoms with van der Waals surface area (Å²) in [5.41, 5.74) is 0.963. The Kier molecular flexibility index (Phi) is 5.18. The third-order valence-corrected chi connectivity index (χ3v) is 3.39. The maximum atomic E-state index is 12.2. The number of carbonyl (C=O) groups excluding carboxylic acids is 2. The number of benzene rings is 1. The standard InChI is InChI=1S/C17H15N5O4/c1-25-14-5-3-2-4-11(14)8-20-15(23)13-10-26-17(21-13)22-16(24)12-9-18-6-7-19-12/h2-7,9-10H,8H2,1H3,(H,20,23)(H,21,22,24). The Morgan fingerprint density at radius 3 is 2.77 bits per heavy atom. The number of anilines is 1. The van der Waals surface area contributed by atoms with Gasteiger partial charge < -0.3 is 14.5 Å². The maximum absolute atomic E-state index is 12.2. The Labute approximate surface area is 148 Å². The molecule has 0 aliphatic heterocycles. The molecule has 0 atom stereocenters. The van der Waals surface area contributed by atoms with Crippen molar-refractivity contribution < 1.29 is 18.7 Å². The van der Waals surface area contributed by atoms with E-state index in [1.807, 2.05) is 18.2 Å². The highest BCUT2D eigenvalue weighted by molar-refractivity contribution is 6.01. The quantitative estimate of drug-likeness (QED) is 0.691. The molecule has 2 aromatic heterocycles. The van der Waals surface area contributed by atoms with Gasteiger partial charge in [-0.25, -0.2) is 4.98 Å². The van der Waals surface area contributed by atoms with Gasteiger partial charge in [-0.3, -0.25) is 19.9 Å². The van der Waals surface area contributed by atoms with Gasteiger partial charge in [0, 0.05) is 24.5 Å². The van der Waals surface area contributed by atoms with Crippen LogP contribution in [0.3, 0.4) is 0 Å². The molecule has 2 heterocycles. The highest BCUT2D eigenvalue weighted by Crippen LogP contribution is 2.17. The molecule has 9 heteroatoms. The smallest absolute Gasteiger partial charge is 0.302 e. The number of methoxy groups -OCH3 is 1. The second kappa shape index (κ2) is 7.88. The maximum Gasteiger partial charge on any atom is 0.302 e. The number of ether oxygens (including phenoxy) is 1. The van der Waals surface area contributed by atoms with Crippen LogP contribution in [0.1, 0.15) is 26.5 Å². The Morgan fingerprint density at radius 2 is 2.00 bits per heavy atom. The fourth-order valence-corrected chi connectivity index (χ4v) is 2.13. The molecule has 0 bridgehead atoms. The van der Waals surface area contributed by atoms with Crippen LogP contribution in [0.25, 0.3) is 0 Å². The third-order valence-electron chi connectivity index (χ3n) is 3.39. The second-order valence-corrected chi connectivity index (χ2v) is 5.08. The van der Waals surface area contributed by atoms with Crippen molar-refractivity contribution in [1.29, 1.82) is 0 Å². The summed E-state index contributed by atoms with van der Waals surface area (Å²) in [4.78, 5) is 35.7. The van der Waals surface area contributed by atoms with E-state index in [-0.39, 0.29) is 23.9 Å². The minimum Gasteiger partial charge on any atom is -0.496 e. The zero-order valence-electron chi connectivity index (χ0n) is 13.8. The van der Waals surface area contributed by atoms with Crippen molar-refractivity contribution in [3.05, 3.63) is 66.1 Å². The molecule has 132 valence electrons. The molecule has 0 aliphatic carbocycles. The Morgan fingerprint density at radius 1 is 1.15 bits per heavy atom. The van der Waals surface area contributed by atoms with Gasteiger partial charge >= 0.3 is 6.01 Å². The number of hydrogen-bond donors (Lipinski definition) is 2. The monoisotopic (exact) mass is 353 g/mol. The fourth-order valence-electron chi connectivity index (χ4n) is 2.13. The number of nitrogens with one attached hydrogen (secondary N) is 2.